The van der Waals surface area contributed by atoms with Gasteiger partial charge < -0.3 is 0 Å². The Morgan fingerprint density at radius 1 is 1.07 bits per heavy atom. The van der Waals surface area contributed by atoms with Crippen molar-refractivity contribution >= 4 is 11.8 Å². The summed E-state index contributed by atoms with van der Waals surface area (Å²) in [6.45, 7) is 11.3. The van der Waals surface area contributed by atoms with Crippen LogP contribution in [-0.2, 0) is 5.41 Å². The van der Waals surface area contributed by atoms with Gasteiger partial charge in [-0.3, -0.25) is 0 Å². The molecule has 0 aliphatic rings. The molecular weight excluding hydrogens is 188 g/mol. The maximum Gasteiger partial charge on any atom is 0.0112 e. The summed E-state index contributed by atoms with van der Waals surface area (Å²) in [5.41, 5.74) is 1.71. The molecule has 0 amide bonds. The first kappa shape index (κ1) is 11.6. The summed E-state index contributed by atoms with van der Waals surface area (Å²) in [5, 5.41) is 0.651. The van der Waals surface area contributed by atoms with E-state index in [0.717, 1.165) is 0 Å². The van der Waals surface area contributed by atoms with Gasteiger partial charge in [0.05, 0.1) is 0 Å². The number of thioether (sulfide) groups is 1. The van der Waals surface area contributed by atoms with Crippen molar-refractivity contribution < 1.29 is 0 Å². The topological polar surface area (TPSA) is 0 Å². The van der Waals surface area contributed by atoms with Crippen LogP contribution in [-0.4, -0.2) is 5.25 Å². The minimum atomic E-state index is 0.248. The smallest absolute Gasteiger partial charge is 0.0112 e. The minimum absolute atomic E-state index is 0.248. The molecule has 1 aromatic carbocycles. The Morgan fingerprint density at radius 3 is 2.14 bits per heavy atom. The van der Waals surface area contributed by atoms with Gasteiger partial charge in [0.25, 0.3) is 0 Å². The quantitative estimate of drug-likeness (QED) is 0.645. The molecule has 0 saturated carbocycles. The van der Waals surface area contributed by atoms with Gasteiger partial charge in [-0.05, 0) is 17.0 Å². The van der Waals surface area contributed by atoms with Crippen LogP contribution in [0.5, 0.6) is 0 Å². The van der Waals surface area contributed by atoms with Crippen LogP contribution in [0.25, 0.3) is 0 Å². The fourth-order valence-corrected chi connectivity index (χ4v) is 2.61. The van der Waals surface area contributed by atoms with Crippen LogP contribution in [0.2, 0.25) is 0 Å². The van der Waals surface area contributed by atoms with Crippen molar-refractivity contribution in [2.24, 2.45) is 0 Å². The van der Waals surface area contributed by atoms with Crippen molar-refractivity contribution in [3.63, 3.8) is 0 Å². The zero-order chi connectivity index (χ0) is 10.8. The maximum atomic E-state index is 2.27. The van der Waals surface area contributed by atoms with E-state index in [0.29, 0.717) is 5.25 Å². The highest BCUT2D eigenvalue weighted by molar-refractivity contribution is 8.00. The van der Waals surface area contributed by atoms with Crippen molar-refractivity contribution in [1.29, 1.82) is 0 Å². The average Bonchev–Trinajstić information content (AvgIpc) is 2.01. The third-order valence-electron chi connectivity index (χ3n) is 2.06. The second-order valence-electron chi connectivity index (χ2n) is 4.91. The Morgan fingerprint density at radius 2 is 1.64 bits per heavy atom. The SMILES string of the molecule is CC(C)Sc1ccccc1C(C)(C)C. The molecule has 0 aliphatic carbocycles. The van der Waals surface area contributed by atoms with Crippen LogP contribution in [0.1, 0.15) is 40.2 Å². The summed E-state index contributed by atoms with van der Waals surface area (Å²) >= 11 is 1.95. The van der Waals surface area contributed by atoms with Crippen LogP contribution >= 0.6 is 11.8 Å². The second-order valence-corrected chi connectivity index (χ2v) is 6.53. The number of benzene rings is 1. The van der Waals surface area contributed by atoms with Crippen molar-refractivity contribution in [2.75, 3.05) is 0 Å². The fourth-order valence-electron chi connectivity index (χ4n) is 1.44. The lowest BCUT2D eigenvalue weighted by molar-refractivity contribution is 0.578. The first-order chi connectivity index (χ1) is 6.41. The van der Waals surface area contributed by atoms with Crippen LogP contribution in [0.3, 0.4) is 0 Å². The van der Waals surface area contributed by atoms with Crippen LogP contribution in [0.4, 0.5) is 0 Å². The summed E-state index contributed by atoms with van der Waals surface area (Å²) in [5.74, 6) is 0. The zero-order valence-corrected chi connectivity index (χ0v) is 10.6. The molecule has 0 aromatic heterocycles. The average molecular weight is 208 g/mol. The molecule has 1 heteroatoms. The summed E-state index contributed by atoms with van der Waals surface area (Å²) in [6.07, 6.45) is 0. The van der Waals surface area contributed by atoms with Gasteiger partial charge in [0.2, 0.25) is 0 Å². The molecule has 0 unspecified atom stereocenters. The van der Waals surface area contributed by atoms with Gasteiger partial charge in [-0.15, -0.1) is 11.8 Å². The van der Waals surface area contributed by atoms with E-state index in [1.807, 2.05) is 11.8 Å². The largest absolute Gasteiger partial charge is 0.123 e. The minimum Gasteiger partial charge on any atom is -0.123 e. The van der Waals surface area contributed by atoms with Gasteiger partial charge in [0.15, 0.2) is 0 Å². The third-order valence-corrected chi connectivity index (χ3v) is 3.14. The number of rotatable bonds is 2. The van der Waals surface area contributed by atoms with Gasteiger partial charge in [-0.2, -0.15) is 0 Å². The van der Waals surface area contributed by atoms with E-state index in [-0.39, 0.29) is 5.41 Å². The van der Waals surface area contributed by atoms with E-state index < -0.39 is 0 Å². The number of hydrogen-bond donors (Lipinski definition) is 0. The summed E-state index contributed by atoms with van der Waals surface area (Å²) in [6, 6.07) is 8.72. The highest BCUT2D eigenvalue weighted by atomic mass is 32.2. The molecular formula is C13H20S. The Balaban J connectivity index is 3.04. The molecule has 14 heavy (non-hydrogen) atoms. The van der Waals surface area contributed by atoms with Crippen LogP contribution in [0.15, 0.2) is 29.2 Å². The summed E-state index contributed by atoms with van der Waals surface area (Å²) in [4.78, 5) is 1.43. The molecule has 0 bridgehead atoms. The third kappa shape index (κ3) is 3.06. The van der Waals surface area contributed by atoms with E-state index in [2.05, 4.69) is 58.9 Å². The van der Waals surface area contributed by atoms with Gasteiger partial charge >= 0.3 is 0 Å². The molecule has 0 atom stereocenters. The first-order valence-corrected chi connectivity index (χ1v) is 6.05. The molecule has 0 spiro atoms. The molecule has 0 fully saturated rings. The zero-order valence-electron chi connectivity index (χ0n) is 9.79. The molecule has 78 valence electrons. The van der Waals surface area contributed by atoms with Crippen molar-refractivity contribution in [3.8, 4) is 0 Å². The summed E-state index contributed by atoms with van der Waals surface area (Å²) < 4.78 is 0. The Bertz CT molecular complexity index is 294. The van der Waals surface area contributed by atoms with E-state index in [1.54, 1.807) is 0 Å². The van der Waals surface area contributed by atoms with E-state index in [4.69, 9.17) is 0 Å². The normalized spacial score (nSPS) is 12.1. The van der Waals surface area contributed by atoms with E-state index >= 15 is 0 Å². The van der Waals surface area contributed by atoms with Crippen LogP contribution in [0, 0.1) is 0 Å². The van der Waals surface area contributed by atoms with Crippen molar-refractivity contribution in [1.82, 2.24) is 0 Å². The highest BCUT2D eigenvalue weighted by Gasteiger charge is 2.17. The first-order valence-electron chi connectivity index (χ1n) is 5.17. The molecule has 1 aromatic rings. The van der Waals surface area contributed by atoms with E-state index in [1.165, 1.54) is 10.5 Å². The fraction of sp³-hybridized carbons (Fsp3) is 0.538. The summed E-state index contributed by atoms with van der Waals surface area (Å²) in [7, 11) is 0. The molecule has 0 N–H and O–H groups in total. The second kappa shape index (κ2) is 4.39. The molecule has 0 saturated heterocycles. The lowest BCUT2D eigenvalue weighted by Gasteiger charge is -2.23. The van der Waals surface area contributed by atoms with E-state index in [9.17, 15) is 0 Å². The van der Waals surface area contributed by atoms with Gasteiger partial charge in [0.1, 0.15) is 0 Å². The maximum absolute atomic E-state index is 2.27. The van der Waals surface area contributed by atoms with Gasteiger partial charge in [-0.25, -0.2) is 0 Å². The van der Waals surface area contributed by atoms with Gasteiger partial charge in [0, 0.05) is 10.1 Å². The Labute approximate surface area is 92.1 Å². The molecule has 0 aliphatic heterocycles. The lowest BCUT2D eigenvalue weighted by Crippen LogP contribution is -2.12. The molecule has 0 heterocycles. The van der Waals surface area contributed by atoms with Crippen molar-refractivity contribution in [2.45, 2.75) is 50.2 Å². The Hall–Kier alpha value is -0.430. The van der Waals surface area contributed by atoms with Crippen molar-refractivity contribution in [3.05, 3.63) is 29.8 Å². The monoisotopic (exact) mass is 208 g/mol. The Kier molecular flexibility index (Phi) is 3.65. The molecule has 1 rings (SSSR count). The van der Waals surface area contributed by atoms with Gasteiger partial charge in [-0.1, -0.05) is 52.8 Å². The highest BCUT2D eigenvalue weighted by Crippen LogP contribution is 2.33. The number of hydrogen-bond acceptors (Lipinski definition) is 1. The molecule has 0 radical (unpaired) electrons. The molecule has 0 nitrogen and oxygen atoms in total. The predicted octanol–water partition coefficient (Wildman–Crippen LogP) is 4.48. The lowest BCUT2D eigenvalue weighted by atomic mass is 9.87. The predicted molar refractivity (Wildman–Crippen MR) is 66.1 cm³/mol. The van der Waals surface area contributed by atoms with Crippen LogP contribution < -0.4 is 0 Å². The standard InChI is InChI=1S/C13H20S/c1-10(2)14-12-9-7-6-8-11(12)13(3,4)5/h6-10H,1-5H3.